The molecule has 2 rings (SSSR count). The Morgan fingerprint density at radius 3 is 2.43 bits per heavy atom. The Balaban J connectivity index is 2.04. The van der Waals surface area contributed by atoms with E-state index in [0.29, 0.717) is 0 Å². The zero-order chi connectivity index (χ0) is 15.2. The van der Waals surface area contributed by atoms with Crippen molar-refractivity contribution >= 4 is 15.9 Å². The number of rotatable bonds is 7. The van der Waals surface area contributed by atoms with E-state index in [0.717, 1.165) is 42.2 Å². The quantitative estimate of drug-likeness (QED) is 0.765. The minimum Gasteiger partial charge on any atom is -0.453 e. The van der Waals surface area contributed by atoms with Crippen LogP contribution in [0.4, 0.5) is 0 Å². The van der Waals surface area contributed by atoms with Crippen LogP contribution in [-0.2, 0) is 13.1 Å². The molecule has 0 aromatic carbocycles. The molecule has 0 aliphatic heterocycles. The van der Waals surface area contributed by atoms with Gasteiger partial charge in [0.2, 0.25) is 0 Å². The SMILES string of the molecule is Cc1cc(CN(CCN(C)C)Cc2ccncc2)oc1Br. The Labute approximate surface area is 134 Å². The molecule has 0 N–H and O–H groups in total. The van der Waals surface area contributed by atoms with Gasteiger partial charge in [0.15, 0.2) is 4.67 Å². The fraction of sp³-hybridized carbons (Fsp3) is 0.438. The van der Waals surface area contributed by atoms with Crippen molar-refractivity contribution < 1.29 is 4.42 Å². The lowest BCUT2D eigenvalue weighted by Crippen LogP contribution is -2.31. The van der Waals surface area contributed by atoms with E-state index in [1.807, 2.05) is 19.3 Å². The van der Waals surface area contributed by atoms with Gasteiger partial charge in [0, 0.05) is 37.6 Å². The number of hydrogen-bond acceptors (Lipinski definition) is 4. The molecule has 4 nitrogen and oxygen atoms in total. The van der Waals surface area contributed by atoms with Crippen LogP contribution in [0, 0.1) is 6.92 Å². The summed E-state index contributed by atoms with van der Waals surface area (Å²) in [6.45, 7) is 5.76. The normalized spacial score (nSPS) is 11.5. The second-order valence-electron chi connectivity index (χ2n) is 5.54. The molecule has 0 spiro atoms. The summed E-state index contributed by atoms with van der Waals surface area (Å²) < 4.78 is 6.57. The summed E-state index contributed by atoms with van der Waals surface area (Å²) in [7, 11) is 4.19. The van der Waals surface area contributed by atoms with Crippen molar-refractivity contribution in [2.45, 2.75) is 20.0 Å². The Bertz CT molecular complexity index is 534. The van der Waals surface area contributed by atoms with Crippen LogP contribution in [-0.4, -0.2) is 42.0 Å². The zero-order valence-electron chi connectivity index (χ0n) is 12.8. The Morgan fingerprint density at radius 2 is 1.86 bits per heavy atom. The summed E-state index contributed by atoms with van der Waals surface area (Å²) in [5.41, 5.74) is 2.41. The van der Waals surface area contributed by atoms with E-state index in [2.05, 4.69) is 63.0 Å². The van der Waals surface area contributed by atoms with Gasteiger partial charge >= 0.3 is 0 Å². The molecule has 2 aromatic rings. The lowest BCUT2D eigenvalue weighted by atomic mass is 10.2. The molecular weight excluding hydrogens is 330 g/mol. The van der Waals surface area contributed by atoms with Crippen LogP contribution >= 0.6 is 15.9 Å². The van der Waals surface area contributed by atoms with Crippen molar-refractivity contribution in [3.63, 3.8) is 0 Å². The number of aromatic nitrogens is 1. The van der Waals surface area contributed by atoms with Gasteiger partial charge in [-0.3, -0.25) is 9.88 Å². The van der Waals surface area contributed by atoms with Crippen molar-refractivity contribution in [1.29, 1.82) is 0 Å². The topological polar surface area (TPSA) is 32.5 Å². The maximum absolute atomic E-state index is 5.74. The Kier molecular flexibility index (Phi) is 5.96. The van der Waals surface area contributed by atoms with Gasteiger partial charge in [-0.2, -0.15) is 0 Å². The number of furan rings is 1. The van der Waals surface area contributed by atoms with Gasteiger partial charge in [-0.1, -0.05) is 0 Å². The average molecular weight is 352 g/mol. The van der Waals surface area contributed by atoms with Crippen molar-refractivity contribution in [2.75, 3.05) is 27.2 Å². The molecule has 5 heteroatoms. The molecule has 0 unspecified atom stereocenters. The maximum Gasteiger partial charge on any atom is 0.172 e. The van der Waals surface area contributed by atoms with E-state index in [1.165, 1.54) is 5.56 Å². The third-order valence-electron chi connectivity index (χ3n) is 3.31. The van der Waals surface area contributed by atoms with E-state index >= 15 is 0 Å². The van der Waals surface area contributed by atoms with E-state index in [1.54, 1.807) is 0 Å². The van der Waals surface area contributed by atoms with E-state index in [9.17, 15) is 0 Å². The number of nitrogens with zero attached hydrogens (tertiary/aromatic N) is 3. The van der Waals surface area contributed by atoms with Crippen LogP contribution in [0.25, 0.3) is 0 Å². The summed E-state index contributed by atoms with van der Waals surface area (Å²) in [6, 6.07) is 6.22. The van der Waals surface area contributed by atoms with Crippen LogP contribution in [0.15, 0.2) is 39.7 Å². The van der Waals surface area contributed by atoms with Crippen molar-refractivity contribution in [3.8, 4) is 0 Å². The van der Waals surface area contributed by atoms with Gasteiger partial charge < -0.3 is 9.32 Å². The van der Waals surface area contributed by atoms with E-state index in [4.69, 9.17) is 4.42 Å². The van der Waals surface area contributed by atoms with Crippen LogP contribution in [0.2, 0.25) is 0 Å². The molecule has 0 amide bonds. The maximum atomic E-state index is 5.74. The zero-order valence-corrected chi connectivity index (χ0v) is 14.4. The summed E-state index contributed by atoms with van der Waals surface area (Å²) in [5.74, 6) is 0.993. The molecule has 0 atom stereocenters. The number of likely N-dealkylation sites (N-methyl/N-ethyl adjacent to an activating group) is 1. The number of hydrogen-bond donors (Lipinski definition) is 0. The summed E-state index contributed by atoms with van der Waals surface area (Å²) in [5, 5.41) is 0. The first-order chi connectivity index (χ1) is 10.0. The second kappa shape index (κ2) is 7.73. The molecule has 0 radical (unpaired) electrons. The second-order valence-corrected chi connectivity index (χ2v) is 6.26. The van der Waals surface area contributed by atoms with Crippen LogP contribution in [0.5, 0.6) is 0 Å². The molecular formula is C16H22BrN3O. The predicted octanol–water partition coefficient (Wildman–Crippen LogP) is 3.31. The fourth-order valence-corrected chi connectivity index (χ4v) is 2.45. The molecule has 2 heterocycles. The molecule has 0 aliphatic carbocycles. The lowest BCUT2D eigenvalue weighted by Gasteiger charge is -2.23. The van der Waals surface area contributed by atoms with Gasteiger partial charge in [0.05, 0.1) is 6.54 Å². The van der Waals surface area contributed by atoms with Crippen molar-refractivity contribution in [3.05, 3.63) is 52.1 Å². The summed E-state index contributed by atoms with van der Waals surface area (Å²) >= 11 is 3.43. The van der Waals surface area contributed by atoms with Gasteiger partial charge in [0.25, 0.3) is 0 Å². The van der Waals surface area contributed by atoms with Crippen LogP contribution in [0.1, 0.15) is 16.9 Å². The first-order valence-corrected chi connectivity index (χ1v) is 7.84. The summed E-state index contributed by atoms with van der Waals surface area (Å²) in [4.78, 5) is 8.66. The molecule has 0 saturated carbocycles. The minimum absolute atomic E-state index is 0.808. The largest absolute Gasteiger partial charge is 0.453 e. The highest BCUT2D eigenvalue weighted by molar-refractivity contribution is 9.10. The fourth-order valence-electron chi connectivity index (χ4n) is 2.12. The third-order valence-corrected chi connectivity index (χ3v) is 4.09. The first-order valence-electron chi connectivity index (χ1n) is 7.05. The standard InChI is InChI=1S/C16H22BrN3O/c1-13-10-15(21-16(13)17)12-20(9-8-19(2)3)11-14-4-6-18-7-5-14/h4-7,10H,8-9,11-12H2,1-3H3. The van der Waals surface area contributed by atoms with Crippen LogP contribution in [0.3, 0.4) is 0 Å². The third kappa shape index (κ3) is 5.26. The lowest BCUT2D eigenvalue weighted by molar-refractivity contribution is 0.210. The highest BCUT2D eigenvalue weighted by atomic mass is 79.9. The highest BCUT2D eigenvalue weighted by Gasteiger charge is 2.12. The number of pyridine rings is 1. The van der Waals surface area contributed by atoms with Crippen molar-refractivity contribution in [2.24, 2.45) is 0 Å². The molecule has 21 heavy (non-hydrogen) atoms. The monoisotopic (exact) mass is 351 g/mol. The first kappa shape index (κ1) is 16.2. The molecule has 0 fully saturated rings. The smallest absolute Gasteiger partial charge is 0.172 e. The molecule has 2 aromatic heterocycles. The molecule has 0 saturated heterocycles. The molecule has 0 aliphatic rings. The predicted molar refractivity (Wildman–Crippen MR) is 88.1 cm³/mol. The van der Waals surface area contributed by atoms with Crippen LogP contribution < -0.4 is 0 Å². The summed E-state index contributed by atoms with van der Waals surface area (Å²) in [6.07, 6.45) is 3.68. The van der Waals surface area contributed by atoms with E-state index < -0.39 is 0 Å². The Hall–Kier alpha value is -1.17. The van der Waals surface area contributed by atoms with Gasteiger partial charge in [0.1, 0.15) is 5.76 Å². The number of halogens is 1. The highest BCUT2D eigenvalue weighted by Crippen LogP contribution is 2.22. The van der Waals surface area contributed by atoms with Gasteiger partial charge in [-0.05, 0) is 60.7 Å². The minimum atomic E-state index is 0.808. The number of aryl methyl sites for hydroxylation is 1. The average Bonchev–Trinajstić information content (AvgIpc) is 2.76. The van der Waals surface area contributed by atoms with Gasteiger partial charge in [-0.15, -0.1) is 0 Å². The molecule has 114 valence electrons. The Morgan fingerprint density at radius 1 is 1.14 bits per heavy atom. The van der Waals surface area contributed by atoms with Gasteiger partial charge in [-0.25, -0.2) is 0 Å². The van der Waals surface area contributed by atoms with Crippen molar-refractivity contribution in [1.82, 2.24) is 14.8 Å². The van der Waals surface area contributed by atoms with E-state index in [-0.39, 0.29) is 0 Å². The molecule has 0 bridgehead atoms.